The molecule has 0 bridgehead atoms. The lowest BCUT2D eigenvalue weighted by molar-refractivity contribution is 1.18. The Morgan fingerprint density at radius 3 is 1.56 bits per heavy atom. The molecule has 15 rings (SSSR count). The predicted octanol–water partition coefficient (Wildman–Crippen LogP) is 15.1. The first-order valence-corrected chi connectivity index (χ1v) is 20.5. The molecule has 5 aromatic heterocycles. The van der Waals surface area contributed by atoms with Crippen molar-refractivity contribution < 1.29 is 0 Å². The molecule has 0 saturated heterocycles. The smallest absolute Gasteiger partial charge is 0.0627 e. The van der Waals surface area contributed by atoms with E-state index < -0.39 is 0 Å². The van der Waals surface area contributed by atoms with Crippen LogP contribution in [0.2, 0.25) is 0 Å². The highest BCUT2D eigenvalue weighted by atomic mass is 15.0. The van der Waals surface area contributed by atoms with Crippen LogP contribution in [-0.2, 0) is 0 Å². The molecule has 0 fully saturated rings. The molecule has 0 aliphatic heterocycles. The van der Waals surface area contributed by atoms with Gasteiger partial charge in [0.05, 0.1) is 44.1 Å². The fourth-order valence-corrected chi connectivity index (χ4v) is 11.4. The molecule has 0 spiro atoms. The van der Waals surface area contributed by atoms with Crippen molar-refractivity contribution in [3.63, 3.8) is 0 Å². The maximum absolute atomic E-state index is 2.61. The lowest BCUT2D eigenvalue weighted by Gasteiger charge is -2.10. The van der Waals surface area contributed by atoms with Gasteiger partial charge >= 0.3 is 0 Å². The van der Waals surface area contributed by atoms with Crippen LogP contribution in [-0.4, -0.2) is 13.4 Å². The molecule has 5 heterocycles. The number of para-hydroxylation sites is 4. The summed E-state index contributed by atoms with van der Waals surface area (Å²) in [6.45, 7) is 0. The minimum atomic E-state index is 1.17. The zero-order valence-corrected chi connectivity index (χ0v) is 31.7. The zero-order chi connectivity index (χ0) is 38.1. The highest BCUT2D eigenvalue weighted by Crippen LogP contribution is 2.51. The first-order chi connectivity index (χ1) is 29.3. The quantitative estimate of drug-likeness (QED) is 0.167. The lowest BCUT2D eigenvalue weighted by Crippen LogP contribution is -1.93. The normalized spacial score (nSPS) is 12.7. The van der Waals surface area contributed by atoms with Gasteiger partial charge in [-0.05, 0) is 87.8 Å². The van der Waals surface area contributed by atoms with Gasteiger partial charge in [-0.2, -0.15) is 0 Å². The summed E-state index contributed by atoms with van der Waals surface area (Å²) in [5.74, 6) is 0. The van der Waals surface area contributed by atoms with Crippen molar-refractivity contribution >= 4 is 120 Å². The Balaban J connectivity index is 1.13. The molecule has 0 aliphatic carbocycles. The molecule has 59 heavy (non-hydrogen) atoms. The van der Waals surface area contributed by atoms with Crippen LogP contribution < -0.4 is 0 Å². The van der Waals surface area contributed by atoms with Crippen molar-refractivity contribution in [2.45, 2.75) is 0 Å². The zero-order valence-electron chi connectivity index (χ0n) is 31.7. The van der Waals surface area contributed by atoms with E-state index in [0.29, 0.717) is 0 Å². The summed E-state index contributed by atoms with van der Waals surface area (Å²) in [6.07, 6.45) is 0. The molecular formula is C56H31N3. The van der Waals surface area contributed by atoms with E-state index in [1.807, 2.05) is 0 Å². The Morgan fingerprint density at radius 2 is 0.814 bits per heavy atom. The first kappa shape index (κ1) is 30.3. The summed E-state index contributed by atoms with van der Waals surface area (Å²) < 4.78 is 7.55. The molecule has 15 aromatic rings. The maximum atomic E-state index is 2.61. The Labute approximate surface area is 336 Å². The summed E-state index contributed by atoms with van der Waals surface area (Å²) >= 11 is 0. The van der Waals surface area contributed by atoms with Gasteiger partial charge in [0.1, 0.15) is 0 Å². The minimum Gasteiger partial charge on any atom is -0.309 e. The molecule has 10 aromatic carbocycles. The number of nitrogens with zero attached hydrogens (tertiary/aromatic N) is 3. The Kier molecular flexibility index (Phi) is 5.41. The molecule has 3 nitrogen and oxygen atoms in total. The van der Waals surface area contributed by atoms with E-state index in [2.05, 4.69) is 201 Å². The number of hydrogen-bond acceptors (Lipinski definition) is 0. The third-order valence-corrected chi connectivity index (χ3v) is 13.6. The van der Waals surface area contributed by atoms with Gasteiger partial charge in [-0.1, -0.05) is 127 Å². The van der Waals surface area contributed by atoms with Crippen LogP contribution in [0.4, 0.5) is 0 Å². The van der Waals surface area contributed by atoms with Crippen LogP contribution in [0.3, 0.4) is 0 Å². The average Bonchev–Trinajstić information content (AvgIpc) is 4.08. The van der Waals surface area contributed by atoms with Gasteiger partial charge in [-0.25, -0.2) is 0 Å². The number of benzene rings is 10. The van der Waals surface area contributed by atoms with Gasteiger partial charge in [0, 0.05) is 65.1 Å². The van der Waals surface area contributed by atoms with Gasteiger partial charge in [0.2, 0.25) is 0 Å². The monoisotopic (exact) mass is 745 g/mol. The Bertz CT molecular complexity index is 4290. The van der Waals surface area contributed by atoms with Crippen molar-refractivity contribution in [1.29, 1.82) is 0 Å². The SMILES string of the molecule is c1ccc(-n2c3ccccc3c3cc(-c4cccc5c6c7ccccc7cc7c8c9c%10cc%11ccccc%11c%11c%12ccccc%12n(c9ccc8n(c45)c76)c%10%11)ccc32)cc1. The van der Waals surface area contributed by atoms with Crippen molar-refractivity contribution in [2.75, 3.05) is 0 Å². The molecule has 3 heteroatoms. The summed E-state index contributed by atoms with van der Waals surface area (Å²) in [4.78, 5) is 0. The Morgan fingerprint density at radius 1 is 0.271 bits per heavy atom. The third kappa shape index (κ3) is 3.58. The van der Waals surface area contributed by atoms with Gasteiger partial charge in [-0.15, -0.1) is 0 Å². The van der Waals surface area contributed by atoms with Gasteiger partial charge in [-0.3, -0.25) is 0 Å². The second-order valence-electron chi connectivity index (χ2n) is 16.4. The predicted molar refractivity (Wildman–Crippen MR) is 251 cm³/mol. The second kappa shape index (κ2) is 10.5. The molecule has 0 N–H and O–H groups in total. The van der Waals surface area contributed by atoms with E-state index in [0.717, 1.165) is 0 Å². The number of aromatic nitrogens is 3. The summed E-state index contributed by atoms with van der Waals surface area (Å²) in [6, 6.07) is 70.2. The van der Waals surface area contributed by atoms with E-state index in [9.17, 15) is 0 Å². The molecular weight excluding hydrogens is 715 g/mol. The van der Waals surface area contributed by atoms with Crippen molar-refractivity contribution in [3.05, 3.63) is 188 Å². The van der Waals surface area contributed by atoms with Crippen LogP contribution in [0.25, 0.3) is 136 Å². The lowest BCUT2D eigenvalue weighted by atomic mass is 9.95. The van der Waals surface area contributed by atoms with Crippen LogP contribution in [0.15, 0.2) is 188 Å². The van der Waals surface area contributed by atoms with Gasteiger partial charge in [0.25, 0.3) is 0 Å². The molecule has 270 valence electrons. The van der Waals surface area contributed by atoms with Gasteiger partial charge in [0.15, 0.2) is 0 Å². The molecule has 0 aliphatic rings. The summed E-state index contributed by atoms with van der Waals surface area (Å²) in [7, 11) is 0. The van der Waals surface area contributed by atoms with E-state index in [4.69, 9.17) is 0 Å². The summed E-state index contributed by atoms with van der Waals surface area (Å²) in [5.41, 5.74) is 13.7. The fraction of sp³-hybridized carbons (Fsp3) is 0. The van der Waals surface area contributed by atoms with Crippen LogP contribution in [0, 0.1) is 0 Å². The Hall–Kier alpha value is -7.88. The molecule has 0 saturated carbocycles. The van der Waals surface area contributed by atoms with Gasteiger partial charge < -0.3 is 13.4 Å². The second-order valence-corrected chi connectivity index (χ2v) is 16.4. The van der Waals surface area contributed by atoms with Crippen LogP contribution in [0.1, 0.15) is 0 Å². The van der Waals surface area contributed by atoms with E-state index in [-0.39, 0.29) is 0 Å². The van der Waals surface area contributed by atoms with E-state index >= 15 is 0 Å². The van der Waals surface area contributed by atoms with Crippen molar-refractivity contribution in [1.82, 2.24) is 13.4 Å². The molecule has 0 unspecified atom stereocenters. The van der Waals surface area contributed by atoms with Crippen molar-refractivity contribution in [2.24, 2.45) is 0 Å². The van der Waals surface area contributed by atoms with Crippen molar-refractivity contribution in [3.8, 4) is 16.8 Å². The minimum absolute atomic E-state index is 1.17. The first-order valence-electron chi connectivity index (χ1n) is 20.5. The average molecular weight is 746 g/mol. The van der Waals surface area contributed by atoms with E-state index in [1.165, 1.54) is 136 Å². The van der Waals surface area contributed by atoms with E-state index in [1.54, 1.807) is 0 Å². The molecule has 0 amide bonds. The molecule has 0 radical (unpaired) electrons. The summed E-state index contributed by atoms with van der Waals surface area (Å²) in [5, 5.41) is 18.2. The highest BCUT2D eigenvalue weighted by molar-refractivity contribution is 6.40. The molecule has 0 atom stereocenters. The largest absolute Gasteiger partial charge is 0.309 e. The standard InChI is InChI=1S/C56H31N3/c1-2-15-35(16-3-1)57-45-23-10-8-19-39(45)42-29-34(25-26-47(42)57)38-21-12-22-41-51-37-18-7-5-14-33(37)31-44-53-49(59(54(38)41)56(44)51)28-27-48-52(53)43-30-32-13-4-6-17-36(32)50-40-20-9-11-24-46(40)58(48)55(43)50/h1-31H. The van der Waals surface area contributed by atoms with Crippen LogP contribution in [0.5, 0.6) is 0 Å². The highest BCUT2D eigenvalue weighted by Gasteiger charge is 2.27. The number of rotatable bonds is 2. The third-order valence-electron chi connectivity index (χ3n) is 13.6. The topological polar surface area (TPSA) is 13.8 Å². The number of fused-ring (bicyclic) bond motifs is 20. The number of hydrogen-bond donors (Lipinski definition) is 0. The maximum Gasteiger partial charge on any atom is 0.0627 e. The van der Waals surface area contributed by atoms with Crippen LogP contribution >= 0.6 is 0 Å². The fourth-order valence-electron chi connectivity index (χ4n) is 11.4.